The molecule has 1 aromatic heterocycles. The van der Waals surface area contributed by atoms with Crippen LogP contribution in [0.25, 0.3) is 0 Å². The van der Waals surface area contributed by atoms with Gasteiger partial charge in [0.25, 0.3) is 0 Å². The Hall–Kier alpha value is -2.05. The molecule has 112 valence electrons. The van der Waals surface area contributed by atoms with Crippen LogP contribution in [0.2, 0.25) is 0 Å². The number of hydrogen-bond donors (Lipinski definition) is 2. The van der Waals surface area contributed by atoms with Crippen LogP contribution in [0.5, 0.6) is 0 Å². The van der Waals surface area contributed by atoms with Crippen LogP contribution >= 0.6 is 0 Å². The summed E-state index contributed by atoms with van der Waals surface area (Å²) in [7, 11) is 0. The second kappa shape index (κ2) is 6.40. The summed E-state index contributed by atoms with van der Waals surface area (Å²) in [4.78, 5) is 27.2. The standard InChI is InChI=1S/C13H22N4O3/c1-5-20-12(19)10-11(14)17(8-15-10)7-6-9(18)16-13(2,3)4/h8H,5-7,14H2,1-4H3,(H,16,18). The third-order valence-electron chi connectivity index (χ3n) is 2.44. The van der Waals surface area contributed by atoms with Gasteiger partial charge in [-0.05, 0) is 27.7 Å². The van der Waals surface area contributed by atoms with Crippen LogP contribution in [0.1, 0.15) is 44.6 Å². The molecule has 0 aliphatic rings. The lowest BCUT2D eigenvalue weighted by atomic mass is 10.1. The number of nitrogen functional groups attached to an aromatic ring is 1. The van der Waals surface area contributed by atoms with E-state index in [9.17, 15) is 9.59 Å². The summed E-state index contributed by atoms with van der Waals surface area (Å²) in [5, 5.41) is 2.85. The number of ether oxygens (including phenoxy) is 1. The molecule has 3 N–H and O–H groups in total. The van der Waals surface area contributed by atoms with Gasteiger partial charge < -0.3 is 20.4 Å². The quantitative estimate of drug-likeness (QED) is 0.783. The van der Waals surface area contributed by atoms with E-state index in [1.54, 1.807) is 11.5 Å². The first-order valence-corrected chi connectivity index (χ1v) is 6.53. The molecule has 0 saturated heterocycles. The number of anilines is 1. The van der Waals surface area contributed by atoms with Crippen LogP contribution in [-0.2, 0) is 16.1 Å². The van der Waals surface area contributed by atoms with E-state index in [1.165, 1.54) is 6.33 Å². The maximum atomic E-state index is 11.7. The van der Waals surface area contributed by atoms with Crippen molar-refractivity contribution < 1.29 is 14.3 Å². The van der Waals surface area contributed by atoms with E-state index in [1.807, 2.05) is 20.8 Å². The second-order valence-electron chi connectivity index (χ2n) is 5.44. The minimum Gasteiger partial charge on any atom is -0.461 e. The van der Waals surface area contributed by atoms with E-state index in [2.05, 4.69) is 10.3 Å². The Morgan fingerprint density at radius 2 is 2.10 bits per heavy atom. The monoisotopic (exact) mass is 282 g/mol. The van der Waals surface area contributed by atoms with Gasteiger partial charge in [0.1, 0.15) is 5.82 Å². The second-order valence-corrected chi connectivity index (χ2v) is 5.44. The van der Waals surface area contributed by atoms with Crippen molar-refractivity contribution in [2.45, 2.75) is 46.2 Å². The Kier molecular flexibility index (Phi) is 5.12. The summed E-state index contributed by atoms with van der Waals surface area (Å²) in [6.07, 6.45) is 1.70. The number of nitrogens with two attached hydrogens (primary N) is 1. The molecule has 0 bridgehead atoms. The third kappa shape index (κ3) is 4.56. The molecule has 7 nitrogen and oxygen atoms in total. The molecule has 0 radical (unpaired) electrons. The molecule has 0 fully saturated rings. The number of nitrogens with zero attached hydrogens (tertiary/aromatic N) is 2. The molecule has 0 atom stereocenters. The summed E-state index contributed by atoms with van der Waals surface area (Å²) in [5.41, 5.74) is 5.63. The summed E-state index contributed by atoms with van der Waals surface area (Å²) in [6.45, 7) is 8.07. The van der Waals surface area contributed by atoms with Crippen LogP contribution < -0.4 is 11.1 Å². The Morgan fingerprint density at radius 3 is 2.65 bits per heavy atom. The Morgan fingerprint density at radius 1 is 1.45 bits per heavy atom. The number of aryl methyl sites for hydroxylation is 1. The predicted octanol–water partition coefficient (Wildman–Crippen LogP) is 0.947. The van der Waals surface area contributed by atoms with Crippen molar-refractivity contribution in [3.8, 4) is 0 Å². The SMILES string of the molecule is CCOC(=O)c1ncn(CCC(=O)NC(C)(C)C)c1N. The van der Waals surface area contributed by atoms with Gasteiger partial charge in [0.05, 0.1) is 12.9 Å². The first-order valence-electron chi connectivity index (χ1n) is 6.53. The van der Waals surface area contributed by atoms with E-state index in [0.717, 1.165) is 0 Å². The molecule has 1 rings (SSSR count). The zero-order valence-electron chi connectivity index (χ0n) is 12.4. The molecular formula is C13H22N4O3. The average Bonchev–Trinajstić information content (AvgIpc) is 2.66. The van der Waals surface area contributed by atoms with Crippen molar-refractivity contribution in [1.29, 1.82) is 0 Å². The van der Waals surface area contributed by atoms with Crippen LogP contribution in [0.4, 0.5) is 5.82 Å². The number of nitrogens with one attached hydrogen (secondary N) is 1. The fraction of sp³-hybridized carbons (Fsp3) is 0.615. The highest BCUT2D eigenvalue weighted by Crippen LogP contribution is 2.12. The summed E-state index contributed by atoms with van der Waals surface area (Å²) in [5.74, 6) is -0.418. The molecule has 0 aromatic carbocycles. The fourth-order valence-corrected chi connectivity index (χ4v) is 1.63. The number of carbonyl (C=O) groups excluding carboxylic acids is 2. The van der Waals surface area contributed by atoms with Gasteiger partial charge in [-0.25, -0.2) is 9.78 Å². The fourth-order valence-electron chi connectivity index (χ4n) is 1.63. The van der Waals surface area contributed by atoms with E-state index in [0.29, 0.717) is 6.54 Å². The van der Waals surface area contributed by atoms with Gasteiger partial charge in [-0.2, -0.15) is 0 Å². The maximum absolute atomic E-state index is 11.7. The minimum atomic E-state index is -0.553. The van der Waals surface area contributed by atoms with Crippen LogP contribution in [-0.4, -0.2) is 33.6 Å². The Labute approximate surface area is 118 Å². The van der Waals surface area contributed by atoms with Crippen molar-refractivity contribution in [2.75, 3.05) is 12.3 Å². The van der Waals surface area contributed by atoms with Crippen LogP contribution in [0, 0.1) is 0 Å². The van der Waals surface area contributed by atoms with Crippen molar-refractivity contribution in [3.63, 3.8) is 0 Å². The summed E-state index contributed by atoms with van der Waals surface area (Å²) in [6, 6.07) is 0. The van der Waals surface area contributed by atoms with Crippen molar-refractivity contribution in [2.24, 2.45) is 0 Å². The van der Waals surface area contributed by atoms with Gasteiger partial charge in [-0.15, -0.1) is 0 Å². The Balaban J connectivity index is 2.62. The average molecular weight is 282 g/mol. The number of carbonyl (C=O) groups is 2. The molecule has 1 heterocycles. The molecule has 20 heavy (non-hydrogen) atoms. The van der Waals surface area contributed by atoms with Crippen LogP contribution in [0.3, 0.4) is 0 Å². The first-order chi connectivity index (χ1) is 9.24. The van der Waals surface area contributed by atoms with Crippen molar-refractivity contribution in [1.82, 2.24) is 14.9 Å². The molecule has 0 aliphatic heterocycles. The van der Waals surface area contributed by atoms with E-state index in [4.69, 9.17) is 10.5 Å². The van der Waals surface area contributed by atoms with Gasteiger partial charge in [0, 0.05) is 18.5 Å². The van der Waals surface area contributed by atoms with E-state index >= 15 is 0 Å². The highest BCUT2D eigenvalue weighted by molar-refractivity contribution is 5.92. The number of imidazole rings is 1. The number of hydrogen-bond acceptors (Lipinski definition) is 5. The van der Waals surface area contributed by atoms with Gasteiger partial charge in [0.15, 0.2) is 5.69 Å². The Bertz CT molecular complexity index is 488. The molecule has 0 spiro atoms. The first kappa shape index (κ1) is 16.0. The molecule has 0 unspecified atom stereocenters. The highest BCUT2D eigenvalue weighted by atomic mass is 16.5. The summed E-state index contributed by atoms with van der Waals surface area (Å²) < 4.78 is 6.40. The number of amides is 1. The summed E-state index contributed by atoms with van der Waals surface area (Å²) >= 11 is 0. The zero-order valence-corrected chi connectivity index (χ0v) is 12.4. The minimum absolute atomic E-state index is 0.0803. The van der Waals surface area contributed by atoms with Gasteiger partial charge in [0.2, 0.25) is 5.91 Å². The van der Waals surface area contributed by atoms with Crippen LogP contribution in [0.15, 0.2) is 6.33 Å². The number of aromatic nitrogens is 2. The largest absolute Gasteiger partial charge is 0.461 e. The number of esters is 1. The maximum Gasteiger partial charge on any atom is 0.360 e. The zero-order chi connectivity index (χ0) is 15.3. The van der Waals surface area contributed by atoms with Gasteiger partial charge >= 0.3 is 5.97 Å². The lowest BCUT2D eigenvalue weighted by Gasteiger charge is -2.20. The van der Waals surface area contributed by atoms with Crippen molar-refractivity contribution >= 4 is 17.7 Å². The lowest BCUT2D eigenvalue weighted by Crippen LogP contribution is -2.40. The molecule has 1 amide bonds. The predicted molar refractivity (Wildman–Crippen MR) is 75.1 cm³/mol. The highest BCUT2D eigenvalue weighted by Gasteiger charge is 2.18. The van der Waals surface area contributed by atoms with E-state index in [-0.39, 0.29) is 36.0 Å². The normalized spacial score (nSPS) is 11.2. The molecular weight excluding hydrogens is 260 g/mol. The molecule has 0 saturated carbocycles. The molecule has 7 heteroatoms. The van der Waals surface area contributed by atoms with Gasteiger partial charge in [-0.3, -0.25) is 4.79 Å². The smallest absolute Gasteiger partial charge is 0.360 e. The topological polar surface area (TPSA) is 99.2 Å². The van der Waals surface area contributed by atoms with Crippen molar-refractivity contribution in [3.05, 3.63) is 12.0 Å². The molecule has 1 aromatic rings. The van der Waals surface area contributed by atoms with Gasteiger partial charge in [-0.1, -0.05) is 0 Å². The third-order valence-corrected chi connectivity index (χ3v) is 2.44. The molecule has 0 aliphatic carbocycles. The number of rotatable bonds is 5. The van der Waals surface area contributed by atoms with E-state index < -0.39 is 5.97 Å². The lowest BCUT2D eigenvalue weighted by molar-refractivity contribution is -0.122.